The van der Waals surface area contributed by atoms with Crippen molar-refractivity contribution >= 4 is 35.7 Å². The quantitative estimate of drug-likeness (QED) is 0.462. The second-order valence-corrected chi connectivity index (χ2v) is 7.33. The fraction of sp³-hybridized carbons (Fsp3) is 0.273. The van der Waals surface area contributed by atoms with E-state index < -0.39 is 0 Å². The molecule has 0 amide bonds. The van der Waals surface area contributed by atoms with E-state index in [1.54, 1.807) is 12.7 Å². The minimum absolute atomic E-state index is 0. The van der Waals surface area contributed by atoms with Gasteiger partial charge in [0.25, 0.3) is 0 Å². The first kappa shape index (κ1) is 21.4. The van der Waals surface area contributed by atoms with Crippen LogP contribution in [-0.2, 0) is 6.54 Å². The lowest BCUT2D eigenvalue weighted by molar-refractivity contribution is 0.181. The lowest BCUT2D eigenvalue weighted by Crippen LogP contribution is -2.34. The third-order valence-electron chi connectivity index (χ3n) is 5.62. The zero-order valence-electron chi connectivity index (χ0n) is 16.1. The van der Waals surface area contributed by atoms with E-state index in [4.69, 9.17) is 0 Å². The third-order valence-corrected chi connectivity index (χ3v) is 5.62. The predicted molar refractivity (Wildman–Crippen MR) is 121 cm³/mol. The van der Waals surface area contributed by atoms with Gasteiger partial charge in [-0.3, -0.25) is 9.47 Å². The molecule has 0 spiro atoms. The van der Waals surface area contributed by atoms with Crippen molar-refractivity contribution in [3.63, 3.8) is 0 Å². The average molecular weight is 430 g/mol. The highest BCUT2D eigenvalue weighted by Crippen LogP contribution is 2.29. The molecule has 2 aromatic carbocycles. The molecule has 5 rings (SSSR count). The van der Waals surface area contributed by atoms with Gasteiger partial charge in [0.05, 0.1) is 0 Å². The van der Waals surface area contributed by atoms with Gasteiger partial charge in [0.1, 0.15) is 12.7 Å². The monoisotopic (exact) mass is 429 g/mol. The molecule has 1 saturated heterocycles. The Hall–Kier alpha value is -2.34. The zero-order valence-corrected chi connectivity index (χ0v) is 17.7. The number of rotatable bonds is 4. The highest BCUT2D eigenvalue weighted by atomic mass is 35.5. The maximum absolute atomic E-state index is 3.90. The standard InChI is InChI=1S/C22H23N5.2ClH/c1-2-4-18(5-3-1)15-25-11-9-20(10-12-25)27-13-8-19-14-21(6-7-22(19)27)26-16-23-24-17-26;;/h1-8,13-14,16-17,20H,9-12,15H2;2*1H. The van der Waals surface area contributed by atoms with E-state index in [2.05, 4.69) is 80.5 Å². The summed E-state index contributed by atoms with van der Waals surface area (Å²) in [6.07, 6.45) is 8.12. The molecule has 0 saturated carbocycles. The molecule has 1 aliphatic rings. The van der Waals surface area contributed by atoms with Crippen LogP contribution in [0.15, 0.2) is 73.4 Å². The molecular formula is C22H25Cl2N5. The molecule has 0 bridgehead atoms. The fourth-order valence-corrected chi connectivity index (χ4v) is 4.16. The lowest BCUT2D eigenvalue weighted by atomic mass is 10.0. The number of hydrogen-bond acceptors (Lipinski definition) is 3. The van der Waals surface area contributed by atoms with E-state index >= 15 is 0 Å². The van der Waals surface area contributed by atoms with Crippen LogP contribution in [0.1, 0.15) is 24.4 Å². The zero-order chi connectivity index (χ0) is 18.1. The van der Waals surface area contributed by atoms with Crippen LogP contribution in [0.2, 0.25) is 0 Å². The van der Waals surface area contributed by atoms with E-state index in [0.717, 1.165) is 25.3 Å². The number of nitrogens with zero attached hydrogens (tertiary/aromatic N) is 5. The smallest absolute Gasteiger partial charge is 0.123 e. The van der Waals surface area contributed by atoms with Gasteiger partial charge in [-0.15, -0.1) is 35.0 Å². The van der Waals surface area contributed by atoms with Crippen LogP contribution in [-0.4, -0.2) is 37.3 Å². The third kappa shape index (κ3) is 4.47. The maximum atomic E-state index is 3.90. The van der Waals surface area contributed by atoms with Crippen molar-refractivity contribution < 1.29 is 0 Å². The Morgan fingerprint density at radius 3 is 2.31 bits per heavy atom. The molecule has 2 aromatic heterocycles. The molecule has 3 heterocycles. The number of piperidine rings is 1. The van der Waals surface area contributed by atoms with Gasteiger partial charge in [0.15, 0.2) is 0 Å². The minimum atomic E-state index is 0. The molecule has 0 atom stereocenters. The first-order chi connectivity index (χ1) is 13.4. The molecule has 4 aromatic rings. The first-order valence-corrected chi connectivity index (χ1v) is 9.59. The predicted octanol–water partition coefficient (Wildman–Crippen LogP) is 4.90. The summed E-state index contributed by atoms with van der Waals surface area (Å²) in [5.74, 6) is 0. The van der Waals surface area contributed by atoms with E-state index in [1.165, 1.54) is 29.3 Å². The van der Waals surface area contributed by atoms with Crippen molar-refractivity contribution in [2.45, 2.75) is 25.4 Å². The number of hydrogen-bond donors (Lipinski definition) is 0. The van der Waals surface area contributed by atoms with Gasteiger partial charge >= 0.3 is 0 Å². The molecule has 7 heteroatoms. The Kier molecular flexibility index (Phi) is 6.96. The van der Waals surface area contributed by atoms with E-state index in [1.807, 2.05) is 4.57 Å². The average Bonchev–Trinajstić information content (AvgIpc) is 3.39. The first-order valence-electron chi connectivity index (χ1n) is 9.59. The summed E-state index contributed by atoms with van der Waals surface area (Å²) >= 11 is 0. The number of likely N-dealkylation sites (tertiary alicyclic amines) is 1. The van der Waals surface area contributed by atoms with E-state index in [-0.39, 0.29) is 24.8 Å². The van der Waals surface area contributed by atoms with Gasteiger partial charge in [0.2, 0.25) is 0 Å². The minimum Gasteiger partial charge on any atom is -0.344 e. The van der Waals surface area contributed by atoms with Gasteiger partial charge in [-0.05, 0) is 42.7 Å². The highest BCUT2D eigenvalue weighted by Gasteiger charge is 2.21. The van der Waals surface area contributed by atoms with Crippen molar-refractivity contribution in [2.24, 2.45) is 0 Å². The van der Waals surface area contributed by atoms with E-state index in [9.17, 15) is 0 Å². The molecular weight excluding hydrogens is 405 g/mol. The fourth-order valence-electron chi connectivity index (χ4n) is 4.16. The van der Waals surface area contributed by atoms with Crippen LogP contribution in [0.3, 0.4) is 0 Å². The lowest BCUT2D eigenvalue weighted by Gasteiger charge is -2.33. The summed E-state index contributed by atoms with van der Waals surface area (Å²) in [6.45, 7) is 3.36. The van der Waals surface area contributed by atoms with Crippen molar-refractivity contribution in [3.8, 4) is 5.69 Å². The van der Waals surface area contributed by atoms with Crippen LogP contribution < -0.4 is 0 Å². The molecule has 0 unspecified atom stereocenters. The SMILES string of the molecule is Cl.Cl.c1ccc(CN2CCC(n3ccc4cc(-n5cnnc5)ccc43)CC2)cc1. The van der Waals surface area contributed by atoms with Gasteiger partial charge in [-0.2, -0.15) is 0 Å². The highest BCUT2D eigenvalue weighted by molar-refractivity contribution is 5.85. The molecule has 0 N–H and O–H groups in total. The molecule has 0 radical (unpaired) electrons. The summed E-state index contributed by atoms with van der Waals surface area (Å²) in [7, 11) is 0. The molecule has 0 aliphatic carbocycles. The number of halogens is 2. The molecule has 1 fully saturated rings. The normalized spacial score (nSPS) is 15.0. The Morgan fingerprint density at radius 1 is 0.862 bits per heavy atom. The van der Waals surface area contributed by atoms with Crippen molar-refractivity contribution in [2.75, 3.05) is 13.1 Å². The number of benzene rings is 2. The summed E-state index contributed by atoms with van der Waals surface area (Å²) in [5.41, 5.74) is 3.82. The van der Waals surface area contributed by atoms with Crippen molar-refractivity contribution in [1.29, 1.82) is 0 Å². The Balaban J connectivity index is 0.00000120. The molecule has 5 nitrogen and oxygen atoms in total. The molecule has 1 aliphatic heterocycles. The molecule has 29 heavy (non-hydrogen) atoms. The second-order valence-electron chi connectivity index (χ2n) is 7.33. The van der Waals surface area contributed by atoms with Crippen LogP contribution in [0.25, 0.3) is 16.6 Å². The van der Waals surface area contributed by atoms with Crippen LogP contribution in [0.4, 0.5) is 0 Å². The number of fused-ring (bicyclic) bond motifs is 1. The van der Waals surface area contributed by atoms with E-state index in [0.29, 0.717) is 6.04 Å². The van der Waals surface area contributed by atoms with Gasteiger partial charge in [0, 0.05) is 48.5 Å². The summed E-state index contributed by atoms with van der Waals surface area (Å²) in [4.78, 5) is 2.57. The Labute approximate surface area is 183 Å². The second kappa shape index (κ2) is 9.44. The van der Waals surface area contributed by atoms with Gasteiger partial charge in [-0.1, -0.05) is 30.3 Å². The maximum Gasteiger partial charge on any atom is 0.123 e. The van der Waals surface area contributed by atoms with Crippen LogP contribution in [0, 0.1) is 0 Å². The van der Waals surface area contributed by atoms with Crippen molar-refractivity contribution in [1.82, 2.24) is 24.2 Å². The Bertz CT molecular complexity index is 1020. The van der Waals surface area contributed by atoms with Gasteiger partial charge in [-0.25, -0.2) is 0 Å². The number of aromatic nitrogens is 4. The Morgan fingerprint density at radius 2 is 1.59 bits per heavy atom. The van der Waals surface area contributed by atoms with Crippen LogP contribution >= 0.6 is 24.8 Å². The largest absolute Gasteiger partial charge is 0.344 e. The topological polar surface area (TPSA) is 38.9 Å². The van der Waals surface area contributed by atoms with Gasteiger partial charge < -0.3 is 4.57 Å². The van der Waals surface area contributed by atoms with Crippen LogP contribution in [0.5, 0.6) is 0 Å². The summed E-state index contributed by atoms with van der Waals surface area (Å²) < 4.78 is 4.41. The summed E-state index contributed by atoms with van der Waals surface area (Å²) in [5, 5.41) is 9.07. The molecule has 152 valence electrons. The van der Waals surface area contributed by atoms with Crippen molar-refractivity contribution in [3.05, 3.63) is 79.0 Å². The summed E-state index contributed by atoms with van der Waals surface area (Å²) in [6, 6.07) is 20.2.